The van der Waals surface area contributed by atoms with E-state index in [4.69, 9.17) is 0 Å². The van der Waals surface area contributed by atoms with Gasteiger partial charge in [0.1, 0.15) is 4.90 Å². The van der Waals surface area contributed by atoms with E-state index in [1.165, 1.54) is 16.6 Å². The number of sulfonamides is 1. The largest absolute Gasteiger partial charge is 0.349 e. The van der Waals surface area contributed by atoms with Gasteiger partial charge in [0.15, 0.2) is 0 Å². The fourth-order valence-corrected chi connectivity index (χ4v) is 4.63. The van der Waals surface area contributed by atoms with Crippen LogP contribution >= 0.6 is 0 Å². The van der Waals surface area contributed by atoms with Gasteiger partial charge in [-0.25, -0.2) is 8.42 Å². The van der Waals surface area contributed by atoms with Crippen LogP contribution in [0.15, 0.2) is 66.2 Å². The molecule has 0 spiro atoms. The van der Waals surface area contributed by atoms with E-state index in [-0.39, 0.29) is 23.4 Å². The first-order valence-electron chi connectivity index (χ1n) is 8.95. The highest BCUT2D eigenvalue weighted by molar-refractivity contribution is 7.89. The molecule has 1 N–H and O–H groups in total. The lowest BCUT2D eigenvalue weighted by Crippen LogP contribution is -2.44. The quantitative estimate of drug-likeness (QED) is 0.803. The summed E-state index contributed by atoms with van der Waals surface area (Å²) in [6, 6.07) is 12.7. The molecule has 1 saturated heterocycles. The van der Waals surface area contributed by atoms with E-state index in [9.17, 15) is 13.2 Å². The first-order valence-corrected chi connectivity index (χ1v) is 10.4. The molecule has 2 aromatic rings. The predicted molar refractivity (Wildman–Crippen MR) is 104 cm³/mol. The summed E-state index contributed by atoms with van der Waals surface area (Å²) in [6.45, 7) is 4.13. The SMILES string of the molecule is C=CC(=O)NC1CCCCN(S(=O)(=O)c2ccc(-c3ccccc3)nc2)C1. The lowest BCUT2D eigenvalue weighted by molar-refractivity contribution is -0.117. The number of nitrogens with zero attached hydrogens (tertiary/aromatic N) is 2. The summed E-state index contributed by atoms with van der Waals surface area (Å²) >= 11 is 0. The van der Waals surface area contributed by atoms with Crippen molar-refractivity contribution in [3.63, 3.8) is 0 Å². The molecule has 0 bridgehead atoms. The fraction of sp³-hybridized carbons (Fsp3) is 0.300. The highest BCUT2D eigenvalue weighted by Crippen LogP contribution is 2.22. The fourth-order valence-electron chi connectivity index (χ4n) is 3.17. The van der Waals surface area contributed by atoms with E-state index >= 15 is 0 Å². The van der Waals surface area contributed by atoms with Crippen LogP contribution in [0.25, 0.3) is 11.3 Å². The van der Waals surface area contributed by atoms with Gasteiger partial charge in [-0.3, -0.25) is 9.78 Å². The van der Waals surface area contributed by atoms with Gasteiger partial charge < -0.3 is 5.32 Å². The second-order valence-corrected chi connectivity index (χ2v) is 8.45. The Hall–Kier alpha value is -2.51. The Morgan fingerprint density at radius 2 is 1.96 bits per heavy atom. The third-order valence-electron chi connectivity index (χ3n) is 4.61. The maximum Gasteiger partial charge on any atom is 0.244 e. The molecule has 1 amide bonds. The van der Waals surface area contributed by atoms with E-state index < -0.39 is 10.0 Å². The van der Waals surface area contributed by atoms with Gasteiger partial charge in [0.2, 0.25) is 15.9 Å². The number of hydrogen-bond acceptors (Lipinski definition) is 4. The lowest BCUT2D eigenvalue weighted by Gasteiger charge is -2.24. The highest BCUT2D eigenvalue weighted by Gasteiger charge is 2.29. The van der Waals surface area contributed by atoms with Crippen LogP contribution < -0.4 is 5.32 Å². The van der Waals surface area contributed by atoms with Crippen molar-refractivity contribution in [1.29, 1.82) is 0 Å². The van der Waals surface area contributed by atoms with Gasteiger partial charge in [0, 0.05) is 30.9 Å². The Morgan fingerprint density at radius 3 is 2.63 bits per heavy atom. The van der Waals surface area contributed by atoms with Gasteiger partial charge in [-0.2, -0.15) is 4.31 Å². The first kappa shape index (κ1) is 19.3. The Balaban J connectivity index is 1.80. The zero-order valence-corrected chi connectivity index (χ0v) is 15.9. The molecular formula is C20H23N3O3S. The van der Waals surface area contributed by atoms with Crippen molar-refractivity contribution < 1.29 is 13.2 Å². The first-order chi connectivity index (χ1) is 13.0. The van der Waals surface area contributed by atoms with Crippen LogP contribution in [0.3, 0.4) is 0 Å². The van der Waals surface area contributed by atoms with Gasteiger partial charge in [-0.15, -0.1) is 0 Å². The average molecular weight is 385 g/mol. The van der Waals surface area contributed by atoms with Crippen molar-refractivity contribution in [2.75, 3.05) is 13.1 Å². The van der Waals surface area contributed by atoms with Gasteiger partial charge >= 0.3 is 0 Å². The molecule has 1 unspecified atom stereocenters. The zero-order chi connectivity index (χ0) is 19.3. The predicted octanol–water partition coefficient (Wildman–Crippen LogP) is 2.59. The summed E-state index contributed by atoms with van der Waals surface area (Å²) in [5.74, 6) is -0.284. The van der Waals surface area contributed by atoms with Crippen LogP contribution in [0.2, 0.25) is 0 Å². The molecule has 3 rings (SSSR count). The number of rotatable bonds is 5. The molecule has 0 aliphatic carbocycles. The van der Waals surface area contributed by atoms with Crippen molar-refractivity contribution in [1.82, 2.24) is 14.6 Å². The molecular weight excluding hydrogens is 362 g/mol. The Labute approximate surface area is 160 Å². The molecule has 0 radical (unpaired) electrons. The van der Waals surface area contributed by atoms with Crippen LogP contribution in [-0.4, -0.2) is 42.7 Å². The van der Waals surface area contributed by atoms with Crippen LogP contribution in [0, 0.1) is 0 Å². The number of nitrogens with one attached hydrogen (secondary N) is 1. The van der Waals surface area contributed by atoms with E-state index in [2.05, 4.69) is 16.9 Å². The minimum atomic E-state index is -3.67. The second kappa shape index (κ2) is 8.45. The number of pyridine rings is 1. The number of aromatic nitrogens is 1. The smallest absolute Gasteiger partial charge is 0.244 e. The summed E-state index contributed by atoms with van der Waals surface area (Å²) in [7, 11) is -3.67. The van der Waals surface area contributed by atoms with Crippen molar-refractivity contribution in [2.45, 2.75) is 30.2 Å². The molecule has 0 saturated carbocycles. The molecule has 1 aliphatic heterocycles. The molecule has 142 valence electrons. The zero-order valence-electron chi connectivity index (χ0n) is 15.0. The highest BCUT2D eigenvalue weighted by atomic mass is 32.2. The van der Waals surface area contributed by atoms with Crippen LogP contribution in [-0.2, 0) is 14.8 Å². The Morgan fingerprint density at radius 1 is 1.19 bits per heavy atom. The number of carbonyl (C=O) groups excluding carboxylic acids is 1. The molecule has 2 heterocycles. The molecule has 6 nitrogen and oxygen atoms in total. The molecule has 7 heteroatoms. The van der Waals surface area contributed by atoms with Gasteiger partial charge in [0.05, 0.1) is 5.69 Å². The summed E-state index contributed by atoms with van der Waals surface area (Å²) in [5.41, 5.74) is 1.66. The Bertz CT molecular complexity index is 896. The molecule has 1 aromatic heterocycles. The van der Waals surface area contributed by atoms with Crippen molar-refractivity contribution in [3.8, 4) is 11.3 Å². The van der Waals surface area contributed by atoms with Crippen LogP contribution in [0.4, 0.5) is 0 Å². The number of amides is 1. The van der Waals surface area contributed by atoms with Crippen molar-refractivity contribution >= 4 is 15.9 Å². The molecule has 1 fully saturated rings. The van der Waals surface area contributed by atoms with Gasteiger partial charge in [0.25, 0.3) is 0 Å². The van der Waals surface area contributed by atoms with Gasteiger partial charge in [-0.1, -0.05) is 43.3 Å². The number of hydrogen-bond donors (Lipinski definition) is 1. The minimum Gasteiger partial charge on any atom is -0.349 e. The monoisotopic (exact) mass is 385 g/mol. The van der Waals surface area contributed by atoms with E-state index in [1.807, 2.05) is 30.3 Å². The maximum absolute atomic E-state index is 13.0. The Kier molecular flexibility index (Phi) is 6.03. The average Bonchev–Trinajstić information content (AvgIpc) is 2.95. The summed E-state index contributed by atoms with van der Waals surface area (Å²) < 4.78 is 27.5. The third-order valence-corrected chi connectivity index (χ3v) is 6.46. The van der Waals surface area contributed by atoms with Gasteiger partial charge in [-0.05, 0) is 31.1 Å². The summed E-state index contributed by atoms with van der Waals surface area (Å²) in [6.07, 6.45) is 4.97. The van der Waals surface area contributed by atoms with Crippen LogP contribution in [0.1, 0.15) is 19.3 Å². The van der Waals surface area contributed by atoms with Crippen molar-refractivity contribution in [3.05, 3.63) is 61.3 Å². The summed E-state index contributed by atoms with van der Waals surface area (Å²) in [4.78, 5) is 16.1. The summed E-state index contributed by atoms with van der Waals surface area (Å²) in [5, 5.41) is 2.81. The molecule has 1 aliphatic rings. The third kappa shape index (κ3) is 4.61. The second-order valence-electron chi connectivity index (χ2n) is 6.51. The maximum atomic E-state index is 13.0. The van der Waals surface area contributed by atoms with E-state index in [0.29, 0.717) is 6.54 Å². The normalized spacial score (nSPS) is 18.4. The standard InChI is InChI=1S/C20H23N3O3S/c1-2-20(24)22-17-10-6-7-13-23(15-17)27(25,26)18-11-12-19(21-14-18)16-8-4-3-5-9-16/h2-5,8-9,11-12,14,17H,1,6-7,10,13,15H2,(H,22,24). The number of carbonyl (C=O) groups is 1. The van der Waals surface area contributed by atoms with Crippen LogP contribution in [0.5, 0.6) is 0 Å². The topological polar surface area (TPSA) is 79.4 Å². The molecule has 1 atom stereocenters. The van der Waals surface area contributed by atoms with E-state index in [1.54, 1.807) is 12.1 Å². The molecule has 27 heavy (non-hydrogen) atoms. The number of benzene rings is 1. The minimum absolute atomic E-state index is 0.165. The molecule has 1 aromatic carbocycles. The lowest BCUT2D eigenvalue weighted by atomic mass is 10.1. The van der Waals surface area contributed by atoms with Crippen molar-refractivity contribution in [2.24, 2.45) is 0 Å². The van der Waals surface area contributed by atoms with E-state index in [0.717, 1.165) is 30.5 Å².